The molecule has 0 fully saturated rings. The number of nitrogens with zero attached hydrogens (tertiary/aromatic N) is 3. The lowest BCUT2D eigenvalue weighted by Crippen LogP contribution is -2.16. The number of hydrogen-bond acceptors (Lipinski definition) is 3. The van der Waals surface area contributed by atoms with E-state index in [2.05, 4.69) is 48.0 Å². The van der Waals surface area contributed by atoms with Gasteiger partial charge in [-0.15, -0.1) is 0 Å². The SMILES string of the molecule is CNC(=O)CCCCCCCCCCCn1cnc2c(C(C)C)nc3ccccc3c21. The van der Waals surface area contributed by atoms with Crippen LogP contribution in [0.2, 0.25) is 0 Å². The Morgan fingerprint density at radius 3 is 2.29 bits per heavy atom. The minimum absolute atomic E-state index is 0.162. The van der Waals surface area contributed by atoms with E-state index >= 15 is 0 Å². The molecule has 1 amide bonds. The molecule has 2 aromatic heterocycles. The highest BCUT2D eigenvalue weighted by atomic mass is 16.1. The van der Waals surface area contributed by atoms with Crippen molar-refractivity contribution in [3.05, 3.63) is 36.3 Å². The molecule has 0 unspecified atom stereocenters. The van der Waals surface area contributed by atoms with Crippen molar-refractivity contribution in [1.29, 1.82) is 0 Å². The highest BCUT2D eigenvalue weighted by Crippen LogP contribution is 2.29. The zero-order valence-corrected chi connectivity index (χ0v) is 19.5. The fourth-order valence-electron chi connectivity index (χ4n) is 4.31. The van der Waals surface area contributed by atoms with Gasteiger partial charge in [-0.3, -0.25) is 9.78 Å². The van der Waals surface area contributed by atoms with Gasteiger partial charge in [-0.1, -0.05) is 77.0 Å². The quantitative estimate of drug-likeness (QED) is 0.326. The Balaban J connectivity index is 1.43. The zero-order chi connectivity index (χ0) is 22.1. The molecule has 0 radical (unpaired) electrons. The van der Waals surface area contributed by atoms with Gasteiger partial charge in [0.15, 0.2) is 0 Å². The van der Waals surface area contributed by atoms with Crippen molar-refractivity contribution in [3.8, 4) is 0 Å². The second kappa shape index (κ2) is 11.8. The van der Waals surface area contributed by atoms with Gasteiger partial charge in [-0.25, -0.2) is 4.98 Å². The molecule has 168 valence electrons. The highest BCUT2D eigenvalue weighted by molar-refractivity contribution is 6.03. The Bertz CT molecular complexity index is 976. The molecule has 1 aromatic carbocycles. The van der Waals surface area contributed by atoms with Gasteiger partial charge in [0.1, 0.15) is 5.52 Å². The first kappa shape index (κ1) is 23.2. The Morgan fingerprint density at radius 1 is 0.968 bits per heavy atom. The summed E-state index contributed by atoms with van der Waals surface area (Å²) in [4.78, 5) is 20.8. The second-order valence-electron chi connectivity index (χ2n) is 8.91. The van der Waals surface area contributed by atoms with Crippen LogP contribution in [-0.2, 0) is 11.3 Å². The molecule has 5 heteroatoms. The molecule has 1 N–H and O–H groups in total. The molecular formula is C26H38N4O. The largest absolute Gasteiger partial charge is 0.359 e. The molecule has 0 saturated heterocycles. The predicted octanol–water partition coefficient (Wildman–Crippen LogP) is 6.35. The molecule has 3 aromatic rings. The van der Waals surface area contributed by atoms with E-state index in [4.69, 9.17) is 9.97 Å². The number of rotatable bonds is 13. The molecule has 0 atom stereocenters. The van der Waals surface area contributed by atoms with Crippen molar-refractivity contribution in [3.63, 3.8) is 0 Å². The summed E-state index contributed by atoms with van der Waals surface area (Å²) in [5.74, 6) is 0.523. The molecular weight excluding hydrogens is 384 g/mol. The first-order valence-electron chi connectivity index (χ1n) is 12.1. The number of aromatic nitrogens is 3. The van der Waals surface area contributed by atoms with Crippen molar-refractivity contribution >= 4 is 27.8 Å². The van der Waals surface area contributed by atoms with Crippen molar-refractivity contribution < 1.29 is 4.79 Å². The van der Waals surface area contributed by atoms with Crippen molar-refractivity contribution in [2.45, 2.75) is 90.5 Å². The number of hydrogen-bond donors (Lipinski definition) is 1. The second-order valence-corrected chi connectivity index (χ2v) is 8.91. The number of para-hydroxylation sites is 1. The number of amides is 1. The summed E-state index contributed by atoms with van der Waals surface area (Å²) in [6, 6.07) is 8.43. The lowest BCUT2D eigenvalue weighted by atomic mass is 10.1. The van der Waals surface area contributed by atoms with Crippen molar-refractivity contribution in [2.24, 2.45) is 0 Å². The molecule has 5 nitrogen and oxygen atoms in total. The molecule has 0 aliphatic heterocycles. The van der Waals surface area contributed by atoms with Gasteiger partial charge in [-0.05, 0) is 24.8 Å². The molecule has 0 aliphatic rings. The van der Waals surface area contributed by atoms with E-state index in [1.54, 1.807) is 7.05 Å². The lowest BCUT2D eigenvalue weighted by molar-refractivity contribution is -0.120. The zero-order valence-electron chi connectivity index (χ0n) is 19.5. The minimum atomic E-state index is 0.162. The van der Waals surface area contributed by atoms with E-state index < -0.39 is 0 Å². The van der Waals surface area contributed by atoms with Crippen LogP contribution in [0.4, 0.5) is 0 Å². The summed E-state index contributed by atoms with van der Waals surface area (Å²) in [5.41, 5.74) is 4.47. The highest BCUT2D eigenvalue weighted by Gasteiger charge is 2.15. The molecule has 0 bridgehead atoms. The van der Waals surface area contributed by atoms with E-state index in [-0.39, 0.29) is 5.91 Å². The van der Waals surface area contributed by atoms with Gasteiger partial charge in [0.05, 0.1) is 23.1 Å². The maximum atomic E-state index is 11.2. The third-order valence-electron chi connectivity index (χ3n) is 6.11. The molecule has 0 aliphatic carbocycles. The van der Waals surface area contributed by atoms with Gasteiger partial charge in [0, 0.05) is 25.4 Å². The van der Waals surface area contributed by atoms with Gasteiger partial charge >= 0.3 is 0 Å². The van der Waals surface area contributed by atoms with E-state index in [1.165, 1.54) is 62.3 Å². The summed E-state index contributed by atoms with van der Waals surface area (Å²) in [6.45, 7) is 5.40. The monoisotopic (exact) mass is 422 g/mol. The third kappa shape index (κ3) is 6.28. The summed E-state index contributed by atoms with van der Waals surface area (Å²) >= 11 is 0. The predicted molar refractivity (Wildman–Crippen MR) is 129 cm³/mol. The van der Waals surface area contributed by atoms with E-state index in [9.17, 15) is 4.79 Å². The third-order valence-corrected chi connectivity index (χ3v) is 6.11. The topological polar surface area (TPSA) is 59.8 Å². The molecule has 3 rings (SSSR count). The van der Waals surface area contributed by atoms with Crippen LogP contribution in [-0.4, -0.2) is 27.5 Å². The van der Waals surface area contributed by atoms with Crippen LogP contribution in [0.5, 0.6) is 0 Å². The number of unbranched alkanes of at least 4 members (excludes halogenated alkanes) is 8. The van der Waals surface area contributed by atoms with Crippen LogP contribution in [0.3, 0.4) is 0 Å². The molecule has 0 spiro atoms. The van der Waals surface area contributed by atoms with Gasteiger partial charge in [0.2, 0.25) is 5.91 Å². The number of carbonyl (C=O) groups is 1. The first-order valence-corrected chi connectivity index (χ1v) is 12.1. The lowest BCUT2D eigenvalue weighted by Gasteiger charge is -2.11. The number of imidazole rings is 1. The van der Waals surface area contributed by atoms with Crippen LogP contribution < -0.4 is 5.32 Å². The van der Waals surface area contributed by atoms with Crippen LogP contribution in [0.1, 0.15) is 89.7 Å². The Labute approximate surface area is 186 Å². The summed E-state index contributed by atoms with van der Waals surface area (Å²) in [7, 11) is 1.71. The molecule has 2 heterocycles. The number of aryl methyl sites for hydroxylation is 1. The van der Waals surface area contributed by atoms with E-state index in [1.807, 2.05) is 6.33 Å². The summed E-state index contributed by atoms with van der Waals surface area (Å²) in [6.07, 6.45) is 13.8. The Kier molecular flexibility index (Phi) is 8.86. The van der Waals surface area contributed by atoms with E-state index in [0.717, 1.165) is 29.7 Å². The maximum absolute atomic E-state index is 11.2. The maximum Gasteiger partial charge on any atom is 0.219 e. The van der Waals surface area contributed by atoms with Gasteiger partial charge in [-0.2, -0.15) is 0 Å². The fraction of sp³-hybridized carbons (Fsp3) is 0.577. The first-order chi connectivity index (χ1) is 15.1. The normalized spacial score (nSPS) is 11.6. The van der Waals surface area contributed by atoms with Gasteiger partial charge < -0.3 is 9.88 Å². The average molecular weight is 423 g/mol. The summed E-state index contributed by atoms with van der Waals surface area (Å²) < 4.78 is 2.33. The molecule has 0 saturated carbocycles. The molecule has 31 heavy (non-hydrogen) atoms. The fourth-order valence-corrected chi connectivity index (χ4v) is 4.31. The minimum Gasteiger partial charge on any atom is -0.359 e. The van der Waals surface area contributed by atoms with Crippen LogP contribution >= 0.6 is 0 Å². The number of pyridine rings is 1. The smallest absolute Gasteiger partial charge is 0.219 e. The van der Waals surface area contributed by atoms with Crippen molar-refractivity contribution in [1.82, 2.24) is 19.9 Å². The number of benzene rings is 1. The van der Waals surface area contributed by atoms with Crippen LogP contribution in [0.15, 0.2) is 30.6 Å². The summed E-state index contributed by atoms with van der Waals surface area (Å²) in [5, 5.41) is 3.89. The number of carbonyl (C=O) groups excluding carboxylic acids is 1. The average Bonchev–Trinajstić information content (AvgIpc) is 3.20. The number of fused-ring (bicyclic) bond motifs is 3. The number of nitrogens with one attached hydrogen (secondary N) is 1. The Morgan fingerprint density at radius 2 is 1.61 bits per heavy atom. The van der Waals surface area contributed by atoms with Gasteiger partial charge in [0.25, 0.3) is 0 Å². The van der Waals surface area contributed by atoms with Crippen LogP contribution in [0.25, 0.3) is 21.9 Å². The van der Waals surface area contributed by atoms with Crippen LogP contribution in [0, 0.1) is 0 Å². The standard InChI is InChI=1S/C26H38N4O/c1-20(2)24-25-26(21-15-12-13-16-22(21)29-24)30(19-28-25)18-14-10-8-6-4-5-7-9-11-17-23(31)27-3/h12-13,15-16,19-20H,4-11,14,17-18H2,1-3H3,(H,27,31). The van der Waals surface area contributed by atoms with Crippen molar-refractivity contribution in [2.75, 3.05) is 7.05 Å². The van der Waals surface area contributed by atoms with E-state index in [0.29, 0.717) is 12.3 Å². The Hall–Kier alpha value is -2.43.